The lowest BCUT2D eigenvalue weighted by Crippen LogP contribution is -2.03. The molecule has 0 radical (unpaired) electrons. The van der Waals surface area contributed by atoms with Gasteiger partial charge in [0.15, 0.2) is 0 Å². The fourth-order valence-electron chi connectivity index (χ4n) is 7.07. The molecule has 0 aliphatic rings. The van der Waals surface area contributed by atoms with Gasteiger partial charge in [0.05, 0.1) is 22.2 Å². The van der Waals surface area contributed by atoms with Gasteiger partial charge >= 0.3 is 0 Å². The Hall–Kier alpha value is -6.26. The quantitative estimate of drug-likeness (QED) is 0.207. The Morgan fingerprint density at radius 2 is 1.17 bits per heavy atom. The minimum absolute atomic E-state index is 0.645. The molecule has 0 unspecified atom stereocenters. The van der Waals surface area contributed by atoms with Gasteiger partial charge in [0.25, 0.3) is 0 Å². The Labute approximate surface area is 263 Å². The molecule has 4 heteroatoms. The van der Waals surface area contributed by atoms with Gasteiger partial charge in [-0.25, -0.2) is 9.97 Å². The lowest BCUT2D eigenvalue weighted by Gasteiger charge is -2.12. The average molecular weight is 588 g/mol. The molecule has 0 fully saturated rings. The molecule has 0 aliphatic heterocycles. The van der Waals surface area contributed by atoms with Crippen molar-refractivity contribution in [2.75, 3.05) is 0 Å². The van der Waals surface area contributed by atoms with Crippen LogP contribution in [0.5, 0.6) is 0 Å². The lowest BCUT2D eigenvalue weighted by molar-refractivity contribution is 0.669. The first-order valence-electron chi connectivity index (χ1n) is 15.5. The second kappa shape index (κ2) is 9.62. The van der Waals surface area contributed by atoms with Crippen molar-refractivity contribution < 1.29 is 4.42 Å². The monoisotopic (exact) mass is 587 g/mol. The van der Waals surface area contributed by atoms with E-state index in [1.54, 1.807) is 0 Å². The third kappa shape index (κ3) is 3.67. The number of aromatic nitrogens is 3. The van der Waals surface area contributed by atoms with Crippen LogP contribution in [0.1, 0.15) is 0 Å². The molecule has 0 atom stereocenters. The van der Waals surface area contributed by atoms with Crippen LogP contribution in [0, 0.1) is 0 Å². The van der Waals surface area contributed by atoms with E-state index in [0.29, 0.717) is 5.95 Å². The molecule has 0 spiro atoms. The highest BCUT2D eigenvalue weighted by Gasteiger charge is 2.20. The maximum Gasteiger partial charge on any atom is 0.235 e. The first kappa shape index (κ1) is 25.1. The maximum absolute atomic E-state index is 6.16. The van der Waals surface area contributed by atoms with Gasteiger partial charge in [-0.1, -0.05) is 109 Å². The van der Waals surface area contributed by atoms with Crippen LogP contribution in [0.4, 0.5) is 0 Å². The van der Waals surface area contributed by atoms with Gasteiger partial charge < -0.3 is 4.42 Å². The zero-order valence-corrected chi connectivity index (χ0v) is 24.7. The van der Waals surface area contributed by atoms with Crippen LogP contribution >= 0.6 is 0 Å². The first-order chi connectivity index (χ1) is 22.8. The maximum atomic E-state index is 6.16. The van der Waals surface area contributed by atoms with E-state index in [4.69, 9.17) is 14.4 Å². The molecule has 4 nitrogen and oxygen atoms in total. The molecule has 0 aliphatic carbocycles. The molecule has 10 aromatic rings. The Kier molecular flexibility index (Phi) is 5.25. The molecule has 7 aromatic carbocycles. The van der Waals surface area contributed by atoms with Gasteiger partial charge in [0.1, 0.15) is 11.2 Å². The van der Waals surface area contributed by atoms with Crippen LogP contribution < -0.4 is 0 Å². The van der Waals surface area contributed by atoms with Crippen LogP contribution in [0.2, 0.25) is 0 Å². The van der Waals surface area contributed by atoms with E-state index in [2.05, 4.69) is 138 Å². The van der Waals surface area contributed by atoms with E-state index in [1.807, 2.05) is 18.2 Å². The predicted octanol–water partition coefficient (Wildman–Crippen LogP) is 11.1. The molecule has 10 rings (SSSR count). The fourth-order valence-corrected chi connectivity index (χ4v) is 7.07. The summed E-state index contributed by atoms with van der Waals surface area (Å²) < 4.78 is 8.40. The topological polar surface area (TPSA) is 43.9 Å². The number of benzene rings is 7. The molecule has 46 heavy (non-hydrogen) atoms. The van der Waals surface area contributed by atoms with E-state index in [9.17, 15) is 0 Å². The molecule has 0 saturated heterocycles. The van der Waals surface area contributed by atoms with E-state index in [1.165, 1.54) is 27.1 Å². The smallest absolute Gasteiger partial charge is 0.235 e. The molecular weight excluding hydrogens is 562 g/mol. The van der Waals surface area contributed by atoms with Crippen LogP contribution in [0.25, 0.3) is 93.8 Å². The van der Waals surface area contributed by atoms with Crippen LogP contribution in [0.3, 0.4) is 0 Å². The van der Waals surface area contributed by atoms with Crippen LogP contribution in [-0.4, -0.2) is 14.5 Å². The van der Waals surface area contributed by atoms with Crippen molar-refractivity contribution in [1.29, 1.82) is 0 Å². The highest BCUT2D eigenvalue weighted by molar-refractivity contribution is 6.21. The largest absolute Gasteiger partial charge is 0.456 e. The summed E-state index contributed by atoms with van der Waals surface area (Å²) in [6.07, 6.45) is 0. The van der Waals surface area contributed by atoms with Gasteiger partial charge in [-0.05, 0) is 64.4 Å². The average Bonchev–Trinajstić information content (AvgIpc) is 3.66. The first-order valence-corrected chi connectivity index (χ1v) is 15.5. The van der Waals surface area contributed by atoms with Crippen molar-refractivity contribution in [3.05, 3.63) is 152 Å². The molecule has 0 bridgehead atoms. The van der Waals surface area contributed by atoms with Crippen molar-refractivity contribution in [3.8, 4) is 28.3 Å². The minimum Gasteiger partial charge on any atom is -0.456 e. The number of rotatable bonds is 3. The van der Waals surface area contributed by atoms with E-state index >= 15 is 0 Å². The number of hydrogen-bond donors (Lipinski definition) is 0. The summed E-state index contributed by atoms with van der Waals surface area (Å²) in [7, 11) is 0. The van der Waals surface area contributed by atoms with Crippen LogP contribution in [0.15, 0.2) is 156 Å². The summed E-state index contributed by atoms with van der Waals surface area (Å²) in [5.41, 5.74) is 9.04. The number of hydrogen-bond acceptors (Lipinski definition) is 3. The second-order valence-electron chi connectivity index (χ2n) is 11.8. The van der Waals surface area contributed by atoms with Gasteiger partial charge in [0.2, 0.25) is 5.95 Å². The summed E-state index contributed by atoms with van der Waals surface area (Å²) in [6, 6.07) is 53.1. The summed E-state index contributed by atoms with van der Waals surface area (Å²) in [5, 5.41) is 7.99. The highest BCUT2D eigenvalue weighted by Crippen LogP contribution is 2.40. The Bertz CT molecular complexity index is 2810. The van der Waals surface area contributed by atoms with Crippen molar-refractivity contribution in [3.63, 3.8) is 0 Å². The van der Waals surface area contributed by atoms with Gasteiger partial charge in [-0.15, -0.1) is 0 Å². The summed E-state index contributed by atoms with van der Waals surface area (Å²) in [4.78, 5) is 10.6. The van der Waals surface area contributed by atoms with Crippen LogP contribution in [-0.2, 0) is 0 Å². The molecule has 214 valence electrons. The molecule has 0 N–H and O–H groups in total. The van der Waals surface area contributed by atoms with Crippen molar-refractivity contribution in [2.24, 2.45) is 0 Å². The SMILES string of the molecule is c1ccc(-c2ccc3c4c5ccccc5ccc4n(-c4nc(-c5ccc6oc7ccccc7c6c5)c5ccccc5n4)c3c2)cc1. The Morgan fingerprint density at radius 3 is 2.09 bits per heavy atom. The number of fused-ring (bicyclic) bond motifs is 9. The molecular formula is C42H25N3O. The Balaban J connectivity index is 1.30. The number of furan rings is 1. The molecule has 3 aromatic heterocycles. The lowest BCUT2D eigenvalue weighted by atomic mass is 10.0. The second-order valence-corrected chi connectivity index (χ2v) is 11.8. The third-order valence-electron chi connectivity index (χ3n) is 9.20. The van der Waals surface area contributed by atoms with Gasteiger partial charge in [-0.3, -0.25) is 4.57 Å². The zero-order chi connectivity index (χ0) is 30.2. The van der Waals surface area contributed by atoms with Gasteiger partial charge in [0, 0.05) is 32.5 Å². The van der Waals surface area contributed by atoms with Gasteiger partial charge in [-0.2, -0.15) is 0 Å². The van der Waals surface area contributed by atoms with Crippen molar-refractivity contribution in [2.45, 2.75) is 0 Å². The molecule has 0 saturated carbocycles. The standard InChI is InChI=1S/C42H25N3O/c1-2-10-26(11-3-1)28-18-21-33-37(25-28)45(36-22-19-27-12-4-5-13-30(27)40(33)36)42-43-35-16-8-6-15-32(35)41(44-42)29-20-23-39-34(24-29)31-14-7-9-17-38(31)46-39/h1-25H. The highest BCUT2D eigenvalue weighted by atomic mass is 16.3. The normalized spacial score (nSPS) is 11.9. The summed E-state index contributed by atoms with van der Waals surface area (Å²) >= 11 is 0. The number of para-hydroxylation sites is 2. The predicted molar refractivity (Wildman–Crippen MR) is 190 cm³/mol. The van der Waals surface area contributed by atoms with Crippen molar-refractivity contribution in [1.82, 2.24) is 14.5 Å². The third-order valence-corrected chi connectivity index (χ3v) is 9.20. The van der Waals surface area contributed by atoms with Crippen molar-refractivity contribution >= 4 is 65.4 Å². The molecule has 0 amide bonds. The minimum atomic E-state index is 0.645. The van der Waals surface area contributed by atoms with E-state index in [0.717, 1.165) is 60.7 Å². The number of nitrogens with zero attached hydrogens (tertiary/aromatic N) is 3. The fraction of sp³-hybridized carbons (Fsp3) is 0. The molecule has 3 heterocycles. The zero-order valence-electron chi connectivity index (χ0n) is 24.7. The van der Waals surface area contributed by atoms with E-state index < -0.39 is 0 Å². The summed E-state index contributed by atoms with van der Waals surface area (Å²) in [6.45, 7) is 0. The summed E-state index contributed by atoms with van der Waals surface area (Å²) in [5.74, 6) is 0.645. The Morgan fingerprint density at radius 1 is 0.435 bits per heavy atom. The van der Waals surface area contributed by atoms with E-state index in [-0.39, 0.29) is 0 Å².